The van der Waals surface area contributed by atoms with Crippen LogP contribution in [0.3, 0.4) is 0 Å². The van der Waals surface area contributed by atoms with Gasteiger partial charge in [-0.05, 0) is 12.1 Å². The molecule has 0 spiro atoms. The van der Waals surface area contributed by atoms with Gasteiger partial charge in [0.25, 0.3) is 0 Å². The molecule has 1 amide bonds. The fourth-order valence-electron chi connectivity index (χ4n) is 1.76. The van der Waals surface area contributed by atoms with E-state index in [-0.39, 0.29) is 17.8 Å². The molecule has 2 rings (SSSR count). The maximum Gasteiger partial charge on any atom is 0.239 e. The van der Waals surface area contributed by atoms with Crippen molar-refractivity contribution in [3.63, 3.8) is 0 Å². The molecule has 1 aromatic rings. The van der Waals surface area contributed by atoms with Crippen molar-refractivity contribution in [3.8, 4) is 5.75 Å². The highest BCUT2D eigenvalue weighted by Gasteiger charge is 2.20. The minimum absolute atomic E-state index is 0.109. The maximum absolute atomic E-state index is 12.9. The van der Waals surface area contributed by atoms with Crippen LogP contribution in [0.15, 0.2) is 24.3 Å². The molecule has 0 radical (unpaired) electrons. The molecular weight excluding hydrogens is 251 g/mol. The molecule has 0 saturated carbocycles. The second-order valence-electron chi connectivity index (χ2n) is 4.18. The van der Waals surface area contributed by atoms with Crippen LogP contribution in [0.4, 0.5) is 4.39 Å². The van der Waals surface area contributed by atoms with Crippen molar-refractivity contribution in [1.82, 2.24) is 10.6 Å². The number of hydrogen-bond donors (Lipinski definition) is 2. The third-order valence-electron chi connectivity index (χ3n) is 2.70. The lowest BCUT2D eigenvalue weighted by molar-refractivity contribution is -0.126. The summed E-state index contributed by atoms with van der Waals surface area (Å²) in [7, 11) is 0. The van der Waals surface area contributed by atoms with Crippen LogP contribution in [-0.2, 0) is 9.53 Å². The zero-order valence-electron chi connectivity index (χ0n) is 10.5. The summed E-state index contributed by atoms with van der Waals surface area (Å²) in [5, 5.41) is 5.79. The largest absolute Gasteiger partial charge is 0.492 e. The van der Waals surface area contributed by atoms with E-state index in [0.29, 0.717) is 38.7 Å². The van der Waals surface area contributed by atoms with Crippen LogP contribution in [-0.4, -0.2) is 44.9 Å². The van der Waals surface area contributed by atoms with Crippen molar-refractivity contribution in [3.05, 3.63) is 30.1 Å². The average molecular weight is 268 g/mol. The zero-order chi connectivity index (χ0) is 13.5. The van der Waals surface area contributed by atoms with Crippen molar-refractivity contribution in [1.29, 1.82) is 0 Å². The van der Waals surface area contributed by atoms with E-state index in [1.54, 1.807) is 12.1 Å². The molecule has 1 aromatic carbocycles. The van der Waals surface area contributed by atoms with E-state index in [9.17, 15) is 9.18 Å². The fourth-order valence-corrected chi connectivity index (χ4v) is 1.76. The first kappa shape index (κ1) is 13.8. The first-order chi connectivity index (χ1) is 9.25. The lowest BCUT2D eigenvalue weighted by Crippen LogP contribution is -2.51. The summed E-state index contributed by atoms with van der Waals surface area (Å²) in [6.07, 6.45) is 0. The van der Waals surface area contributed by atoms with Crippen LogP contribution >= 0.6 is 0 Å². The number of morpholine rings is 1. The van der Waals surface area contributed by atoms with Gasteiger partial charge in [0.05, 0.1) is 19.8 Å². The number of ether oxygens (including phenoxy) is 2. The van der Waals surface area contributed by atoms with Gasteiger partial charge in [0, 0.05) is 12.6 Å². The van der Waals surface area contributed by atoms with Gasteiger partial charge in [0.15, 0.2) is 0 Å². The third-order valence-corrected chi connectivity index (χ3v) is 2.70. The van der Waals surface area contributed by atoms with Gasteiger partial charge in [-0.15, -0.1) is 0 Å². The maximum atomic E-state index is 12.9. The SMILES string of the molecule is O=C(NCCOc1cccc(F)c1)C1COCCN1. The highest BCUT2D eigenvalue weighted by atomic mass is 19.1. The number of hydrogen-bond acceptors (Lipinski definition) is 4. The summed E-state index contributed by atoms with van der Waals surface area (Å²) in [4.78, 5) is 11.7. The van der Waals surface area contributed by atoms with E-state index in [0.717, 1.165) is 0 Å². The normalized spacial score (nSPS) is 18.9. The van der Waals surface area contributed by atoms with Gasteiger partial charge in [0.1, 0.15) is 24.2 Å². The molecule has 1 saturated heterocycles. The van der Waals surface area contributed by atoms with Gasteiger partial charge in [-0.3, -0.25) is 4.79 Å². The van der Waals surface area contributed by atoms with E-state index >= 15 is 0 Å². The Kier molecular flexibility index (Phi) is 5.11. The second-order valence-corrected chi connectivity index (χ2v) is 4.18. The van der Waals surface area contributed by atoms with Gasteiger partial charge in [-0.2, -0.15) is 0 Å². The Morgan fingerprint density at radius 3 is 3.21 bits per heavy atom. The van der Waals surface area contributed by atoms with E-state index in [4.69, 9.17) is 9.47 Å². The fraction of sp³-hybridized carbons (Fsp3) is 0.462. The van der Waals surface area contributed by atoms with Crippen molar-refractivity contribution < 1.29 is 18.7 Å². The number of rotatable bonds is 5. The number of nitrogens with one attached hydrogen (secondary N) is 2. The van der Waals surface area contributed by atoms with Crippen LogP contribution in [0.25, 0.3) is 0 Å². The predicted molar refractivity (Wildman–Crippen MR) is 67.5 cm³/mol. The van der Waals surface area contributed by atoms with Gasteiger partial charge in [-0.25, -0.2) is 4.39 Å². The minimum Gasteiger partial charge on any atom is -0.492 e. The molecule has 1 heterocycles. The Morgan fingerprint density at radius 1 is 1.58 bits per heavy atom. The minimum atomic E-state index is -0.343. The molecule has 0 aromatic heterocycles. The number of amides is 1. The van der Waals surface area contributed by atoms with Crippen molar-refractivity contribution in [2.45, 2.75) is 6.04 Å². The van der Waals surface area contributed by atoms with E-state index < -0.39 is 0 Å². The smallest absolute Gasteiger partial charge is 0.239 e. The topological polar surface area (TPSA) is 59.6 Å². The van der Waals surface area contributed by atoms with Gasteiger partial charge >= 0.3 is 0 Å². The molecule has 1 aliphatic rings. The van der Waals surface area contributed by atoms with Crippen molar-refractivity contribution >= 4 is 5.91 Å². The second kappa shape index (κ2) is 7.06. The Bertz CT molecular complexity index is 422. The molecule has 5 nitrogen and oxygen atoms in total. The lowest BCUT2D eigenvalue weighted by atomic mass is 10.2. The molecule has 0 bridgehead atoms. The van der Waals surface area contributed by atoms with Gasteiger partial charge in [0.2, 0.25) is 5.91 Å². The lowest BCUT2D eigenvalue weighted by Gasteiger charge is -2.22. The number of benzene rings is 1. The number of carbonyl (C=O) groups is 1. The van der Waals surface area contributed by atoms with Crippen molar-refractivity contribution in [2.75, 3.05) is 32.9 Å². The predicted octanol–water partition coefficient (Wildman–Crippen LogP) is 0.309. The highest BCUT2D eigenvalue weighted by molar-refractivity contribution is 5.81. The summed E-state index contributed by atoms with van der Waals surface area (Å²) < 4.78 is 23.4. The highest BCUT2D eigenvalue weighted by Crippen LogP contribution is 2.11. The quantitative estimate of drug-likeness (QED) is 0.755. The molecule has 1 aliphatic heterocycles. The summed E-state index contributed by atoms with van der Waals surface area (Å²) in [6.45, 7) is 2.36. The van der Waals surface area contributed by atoms with Crippen LogP contribution in [0, 0.1) is 5.82 Å². The molecule has 19 heavy (non-hydrogen) atoms. The summed E-state index contributed by atoms with van der Waals surface area (Å²) >= 11 is 0. The van der Waals surface area contributed by atoms with E-state index in [1.165, 1.54) is 12.1 Å². The van der Waals surface area contributed by atoms with Crippen LogP contribution in [0.1, 0.15) is 0 Å². The summed E-state index contributed by atoms with van der Waals surface area (Å²) in [6, 6.07) is 5.60. The standard InChI is InChI=1S/C13H17FN2O3/c14-10-2-1-3-11(8-10)19-7-5-16-13(17)12-9-18-6-4-15-12/h1-3,8,12,15H,4-7,9H2,(H,16,17). The Morgan fingerprint density at radius 2 is 2.47 bits per heavy atom. The van der Waals surface area contributed by atoms with Crippen molar-refractivity contribution in [2.24, 2.45) is 0 Å². The molecule has 104 valence electrons. The van der Waals surface area contributed by atoms with E-state index in [1.807, 2.05) is 0 Å². The molecule has 1 atom stereocenters. The first-order valence-corrected chi connectivity index (χ1v) is 6.23. The number of carbonyl (C=O) groups excluding carboxylic acids is 1. The van der Waals surface area contributed by atoms with Gasteiger partial charge in [-0.1, -0.05) is 6.07 Å². The zero-order valence-corrected chi connectivity index (χ0v) is 10.5. The molecule has 2 N–H and O–H groups in total. The number of halogens is 1. The molecule has 1 unspecified atom stereocenters. The average Bonchev–Trinajstić information content (AvgIpc) is 2.44. The van der Waals surface area contributed by atoms with Crippen LogP contribution in [0.2, 0.25) is 0 Å². The molecule has 1 fully saturated rings. The van der Waals surface area contributed by atoms with Crippen LogP contribution < -0.4 is 15.4 Å². The molecular formula is C13H17FN2O3. The molecule has 0 aliphatic carbocycles. The monoisotopic (exact) mass is 268 g/mol. The Labute approximate surface area is 111 Å². The van der Waals surface area contributed by atoms with Gasteiger partial charge < -0.3 is 20.1 Å². The third kappa shape index (κ3) is 4.50. The Hall–Kier alpha value is -1.66. The summed E-state index contributed by atoms with van der Waals surface area (Å²) in [5.74, 6) is 0.000931. The van der Waals surface area contributed by atoms with Crippen LogP contribution in [0.5, 0.6) is 5.75 Å². The molecule has 6 heteroatoms. The van der Waals surface area contributed by atoms with E-state index in [2.05, 4.69) is 10.6 Å². The Balaban J connectivity index is 1.65. The first-order valence-electron chi connectivity index (χ1n) is 6.23. The summed E-state index contributed by atoms with van der Waals surface area (Å²) in [5.41, 5.74) is 0.